The van der Waals surface area contributed by atoms with Crippen molar-refractivity contribution in [1.29, 1.82) is 0 Å². The third-order valence-corrected chi connectivity index (χ3v) is 2.65. The zero-order chi connectivity index (χ0) is 12.5. The Hall–Kier alpha value is -0.130. The van der Waals surface area contributed by atoms with E-state index >= 15 is 0 Å². The molecule has 0 spiro atoms. The van der Waals surface area contributed by atoms with Gasteiger partial charge in [0.1, 0.15) is 18.3 Å². The van der Waals surface area contributed by atoms with Gasteiger partial charge in [-0.3, -0.25) is 4.52 Å². The van der Waals surface area contributed by atoms with Crippen LogP contribution in [0.15, 0.2) is 0 Å². The van der Waals surface area contributed by atoms with Crippen molar-refractivity contribution >= 4 is 7.82 Å². The van der Waals surface area contributed by atoms with Gasteiger partial charge in [-0.25, -0.2) is 4.57 Å². The normalized spacial score (nSPS) is 38.6. The molecule has 1 aliphatic rings. The molecule has 5 atom stereocenters. The van der Waals surface area contributed by atoms with E-state index in [0.29, 0.717) is 0 Å². The highest BCUT2D eigenvalue weighted by atomic mass is 31.2. The first-order chi connectivity index (χ1) is 7.26. The van der Waals surface area contributed by atoms with Crippen molar-refractivity contribution in [3.63, 3.8) is 0 Å². The van der Waals surface area contributed by atoms with Crippen molar-refractivity contribution < 1.29 is 44.4 Å². The topological polar surface area (TPSA) is 194 Å². The van der Waals surface area contributed by atoms with Gasteiger partial charge in [-0.15, -0.1) is 0 Å². The molecule has 0 aromatic carbocycles. The van der Waals surface area contributed by atoms with Crippen LogP contribution in [-0.4, -0.2) is 67.8 Å². The number of nitrogens with two attached hydrogens (primary N) is 1. The molecule has 17 heavy (non-hydrogen) atoms. The van der Waals surface area contributed by atoms with Crippen molar-refractivity contribution in [2.45, 2.75) is 30.6 Å². The van der Waals surface area contributed by atoms with E-state index in [0.717, 1.165) is 0 Å². The monoisotopic (exact) mass is 277 g/mol. The average Bonchev–Trinajstić information content (AvgIpc) is 2.17. The Morgan fingerprint density at radius 2 is 1.82 bits per heavy atom. The molecule has 11 heteroatoms. The Kier molecular flexibility index (Phi) is 6.11. The highest BCUT2D eigenvalue weighted by Crippen LogP contribution is 2.40. The third-order valence-electron chi connectivity index (χ3n) is 2.17. The summed E-state index contributed by atoms with van der Waals surface area (Å²) in [5.41, 5.74) is 5.35. The molecule has 0 unspecified atom stereocenters. The molecule has 1 fully saturated rings. The van der Waals surface area contributed by atoms with Crippen LogP contribution in [0.4, 0.5) is 0 Å². The quantitative estimate of drug-likeness (QED) is 0.279. The van der Waals surface area contributed by atoms with Crippen molar-refractivity contribution in [3.05, 3.63) is 0 Å². The average molecular weight is 277 g/mol. The molecule has 0 aliphatic carbocycles. The standard InChI is InChI=1S/C6H14NO8P.H2O/c7-3-5(10)4(9)2(1-8)14-6(3)15-16(11,12)13;/h2-6,8-10H,1,7H2,(H2,11,12,13);1H2/t2-,3-,4+,5-,6-;/m1./s1. The fourth-order valence-corrected chi connectivity index (χ4v) is 1.79. The lowest BCUT2D eigenvalue weighted by atomic mass is 9.98. The van der Waals surface area contributed by atoms with E-state index in [9.17, 15) is 14.8 Å². The second-order valence-electron chi connectivity index (χ2n) is 3.38. The zero-order valence-electron chi connectivity index (χ0n) is 8.58. The maximum Gasteiger partial charge on any atom is 0.471 e. The van der Waals surface area contributed by atoms with Gasteiger partial charge in [0.2, 0.25) is 0 Å². The van der Waals surface area contributed by atoms with Crippen LogP contribution in [0.5, 0.6) is 0 Å². The van der Waals surface area contributed by atoms with E-state index < -0.39 is 45.1 Å². The zero-order valence-corrected chi connectivity index (χ0v) is 9.47. The van der Waals surface area contributed by atoms with E-state index in [-0.39, 0.29) is 5.48 Å². The Morgan fingerprint density at radius 3 is 2.24 bits per heavy atom. The van der Waals surface area contributed by atoms with Crippen LogP contribution in [0.25, 0.3) is 0 Å². The fraction of sp³-hybridized carbons (Fsp3) is 1.00. The molecule has 0 amide bonds. The molecule has 0 aromatic heterocycles. The van der Waals surface area contributed by atoms with Gasteiger partial charge in [0, 0.05) is 0 Å². The van der Waals surface area contributed by atoms with Crippen LogP contribution >= 0.6 is 7.82 Å². The number of phosphoric ester groups is 1. The summed E-state index contributed by atoms with van der Waals surface area (Å²) in [7, 11) is -4.83. The summed E-state index contributed by atoms with van der Waals surface area (Å²) in [6.07, 6.45) is -5.78. The summed E-state index contributed by atoms with van der Waals surface area (Å²) in [5.74, 6) is 0. The van der Waals surface area contributed by atoms with E-state index in [1.807, 2.05) is 0 Å². The SMILES string of the molecule is N[C@H]1[C@@H](OP(=O)(O)O)O[C@H](CO)[C@H](O)[C@@H]1O.O. The lowest BCUT2D eigenvalue weighted by Gasteiger charge is -2.40. The van der Waals surface area contributed by atoms with Crippen molar-refractivity contribution in [2.75, 3.05) is 6.61 Å². The minimum absolute atomic E-state index is 0. The summed E-state index contributed by atoms with van der Waals surface area (Å²) < 4.78 is 19.5. The molecular weight excluding hydrogens is 261 g/mol. The van der Waals surface area contributed by atoms with Crippen LogP contribution in [0.1, 0.15) is 0 Å². The molecule has 0 aromatic rings. The Bertz CT molecular complexity index is 281. The number of aliphatic hydroxyl groups excluding tert-OH is 3. The molecule has 0 radical (unpaired) electrons. The van der Waals surface area contributed by atoms with Crippen LogP contribution in [0.3, 0.4) is 0 Å². The molecule has 10 nitrogen and oxygen atoms in total. The molecule has 1 rings (SSSR count). The number of rotatable bonds is 3. The molecule has 0 bridgehead atoms. The maximum atomic E-state index is 10.6. The minimum atomic E-state index is -4.83. The third kappa shape index (κ3) is 4.23. The summed E-state index contributed by atoms with van der Waals surface area (Å²) in [6, 6.07) is -1.33. The number of hydrogen-bond acceptors (Lipinski definition) is 7. The van der Waals surface area contributed by atoms with Crippen molar-refractivity contribution in [2.24, 2.45) is 5.73 Å². The Morgan fingerprint density at radius 1 is 1.29 bits per heavy atom. The van der Waals surface area contributed by atoms with E-state index in [1.165, 1.54) is 0 Å². The van der Waals surface area contributed by atoms with Crippen LogP contribution in [-0.2, 0) is 13.8 Å². The minimum Gasteiger partial charge on any atom is -0.412 e. The van der Waals surface area contributed by atoms with Gasteiger partial charge in [-0.05, 0) is 0 Å². The first-order valence-corrected chi connectivity index (χ1v) is 5.91. The van der Waals surface area contributed by atoms with Gasteiger partial charge in [0.25, 0.3) is 0 Å². The van der Waals surface area contributed by atoms with E-state index in [4.69, 9.17) is 25.4 Å². The molecule has 104 valence electrons. The van der Waals surface area contributed by atoms with E-state index in [1.54, 1.807) is 0 Å². The van der Waals surface area contributed by atoms with Gasteiger partial charge in [0.05, 0.1) is 12.6 Å². The number of phosphoric acid groups is 1. The molecule has 0 saturated carbocycles. The Labute approximate surface area is 96.1 Å². The second kappa shape index (κ2) is 6.16. The molecule has 1 aliphatic heterocycles. The number of hydrogen-bond donors (Lipinski definition) is 6. The molecule has 1 saturated heterocycles. The molecule has 1 heterocycles. The Balaban J connectivity index is 0.00000256. The van der Waals surface area contributed by atoms with Gasteiger partial charge in [-0.2, -0.15) is 0 Å². The highest BCUT2D eigenvalue weighted by molar-refractivity contribution is 7.46. The largest absolute Gasteiger partial charge is 0.471 e. The van der Waals surface area contributed by atoms with Crippen molar-refractivity contribution in [1.82, 2.24) is 0 Å². The summed E-state index contributed by atoms with van der Waals surface area (Å²) in [4.78, 5) is 17.1. The first-order valence-electron chi connectivity index (χ1n) is 4.38. The number of ether oxygens (including phenoxy) is 1. The fourth-order valence-electron chi connectivity index (χ4n) is 1.33. The van der Waals surface area contributed by atoms with Crippen LogP contribution in [0, 0.1) is 0 Å². The van der Waals surface area contributed by atoms with Crippen LogP contribution < -0.4 is 5.73 Å². The number of aliphatic hydroxyl groups is 3. The van der Waals surface area contributed by atoms with E-state index in [2.05, 4.69) is 4.52 Å². The predicted molar refractivity (Wildman–Crippen MR) is 52.5 cm³/mol. The lowest BCUT2D eigenvalue weighted by Crippen LogP contribution is -2.62. The van der Waals surface area contributed by atoms with Crippen molar-refractivity contribution in [3.8, 4) is 0 Å². The van der Waals surface area contributed by atoms with Gasteiger partial charge >= 0.3 is 7.82 Å². The van der Waals surface area contributed by atoms with Gasteiger partial charge < -0.3 is 41.1 Å². The highest BCUT2D eigenvalue weighted by Gasteiger charge is 2.45. The first kappa shape index (κ1) is 16.9. The summed E-state index contributed by atoms with van der Waals surface area (Å²) in [6.45, 7) is -0.647. The summed E-state index contributed by atoms with van der Waals surface area (Å²) in [5, 5.41) is 27.6. The summed E-state index contributed by atoms with van der Waals surface area (Å²) >= 11 is 0. The second-order valence-corrected chi connectivity index (χ2v) is 4.57. The predicted octanol–water partition coefficient (Wildman–Crippen LogP) is -3.96. The van der Waals surface area contributed by atoms with Crippen LogP contribution in [0.2, 0.25) is 0 Å². The maximum absolute atomic E-state index is 10.6. The molecule has 9 N–H and O–H groups in total. The van der Waals surface area contributed by atoms with Gasteiger partial charge in [0.15, 0.2) is 6.29 Å². The smallest absolute Gasteiger partial charge is 0.412 e. The molecular formula is C6H16NO9P. The lowest BCUT2D eigenvalue weighted by molar-refractivity contribution is -0.242. The van der Waals surface area contributed by atoms with Gasteiger partial charge in [-0.1, -0.05) is 0 Å².